The summed E-state index contributed by atoms with van der Waals surface area (Å²) in [5, 5.41) is 0.578. The van der Waals surface area contributed by atoms with Crippen molar-refractivity contribution in [3.8, 4) is 0 Å². The van der Waals surface area contributed by atoms with Crippen molar-refractivity contribution in [2.75, 3.05) is 0 Å². The average Bonchev–Trinajstić information content (AvgIpc) is 2.40. The van der Waals surface area contributed by atoms with Crippen molar-refractivity contribution in [2.24, 2.45) is 23.7 Å². The van der Waals surface area contributed by atoms with E-state index in [1.54, 1.807) is 0 Å². The van der Waals surface area contributed by atoms with Crippen LogP contribution in [0.15, 0.2) is 0 Å². The van der Waals surface area contributed by atoms with E-state index in [4.69, 9.17) is 0 Å². The van der Waals surface area contributed by atoms with Crippen molar-refractivity contribution < 1.29 is 0 Å². The summed E-state index contributed by atoms with van der Waals surface area (Å²) in [6, 6.07) is 0. The zero-order chi connectivity index (χ0) is 13.9. The first kappa shape index (κ1) is 15.8. The van der Waals surface area contributed by atoms with Crippen LogP contribution in [-0.4, -0.2) is 5.16 Å². The lowest BCUT2D eigenvalue weighted by Crippen LogP contribution is -2.42. The molecule has 2 fully saturated rings. The molecule has 2 saturated carbocycles. The van der Waals surface area contributed by atoms with Crippen molar-refractivity contribution in [3.63, 3.8) is 0 Å². The highest BCUT2D eigenvalue weighted by atomic mass is 31.0. The Kier molecular flexibility index (Phi) is 5.77. The van der Waals surface area contributed by atoms with E-state index in [-0.39, 0.29) is 0 Å². The van der Waals surface area contributed by atoms with Crippen molar-refractivity contribution >= 4 is 9.24 Å². The van der Waals surface area contributed by atoms with Gasteiger partial charge >= 0.3 is 0 Å². The van der Waals surface area contributed by atoms with Crippen LogP contribution in [0.3, 0.4) is 0 Å². The minimum Gasteiger partial charge on any atom is -0.131 e. The largest absolute Gasteiger partial charge is 0.131 e. The third-order valence-electron chi connectivity index (χ3n) is 6.23. The monoisotopic (exact) mass is 282 g/mol. The zero-order valence-corrected chi connectivity index (χ0v) is 14.6. The van der Waals surface area contributed by atoms with Gasteiger partial charge in [-0.2, -0.15) is 0 Å². The molecule has 1 unspecified atom stereocenters. The van der Waals surface area contributed by atoms with Gasteiger partial charge in [-0.3, -0.25) is 0 Å². The minimum atomic E-state index is 0.578. The molecule has 0 spiro atoms. The Labute approximate surface area is 123 Å². The number of hydrogen-bond donors (Lipinski definition) is 0. The maximum atomic E-state index is 3.40. The van der Waals surface area contributed by atoms with E-state index in [1.165, 1.54) is 64.2 Å². The van der Waals surface area contributed by atoms with Gasteiger partial charge in [0.05, 0.1) is 0 Å². The maximum Gasteiger partial charge on any atom is -0.00939 e. The molecule has 0 aromatic rings. The molecule has 0 aliphatic heterocycles. The molecule has 0 N–H and O–H groups in total. The van der Waals surface area contributed by atoms with Crippen LogP contribution in [0.2, 0.25) is 0 Å². The quantitative estimate of drug-likeness (QED) is 0.550. The van der Waals surface area contributed by atoms with Crippen molar-refractivity contribution in [1.82, 2.24) is 0 Å². The first-order chi connectivity index (χ1) is 9.06. The second kappa shape index (κ2) is 6.93. The molecule has 0 saturated heterocycles. The van der Waals surface area contributed by atoms with Gasteiger partial charge in [0.2, 0.25) is 0 Å². The highest BCUT2D eigenvalue weighted by molar-refractivity contribution is 7.19. The smallest absolute Gasteiger partial charge is 0.00939 e. The molecule has 1 atom stereocenters. The fraction of sp³-hybridized carbons (Fsp3) is 1.00. The molecular weight excluding hydrogens is 247 g/mol. The summed E-state index contributed by atoms with van der Waals surface area (Å²) in [6.07, 6.45) is 14.7. The first-order valence-corrected chi connectivity index (χ1v) is 9.42. The van der Waals surface area contributed by atoms with Gasteiger partial charge in [0, 0.05) is 0 Å². The molecule has 0 amide bonds. The minimum absolute atomic E-state index is 0.578. The van der Waals surface area contributed by atoms with Gasteiger partial charge in [0.1, 0.15) is 0 Å². The van der Waals surface area contributed by atoms with Crippen LogP contribution >= 0.6 is 9.24 Å². The summed E-state index contributed by atoms with van der Waals surface area (Å²) in [7, 11) is 3.40. The Morgan fingerprint density at radius 1 is 0.789 bits per heavy atom. The molecule has 0 aromatic heterocycles. The summed E-state index contributed by atoms with van der Waals surface area (Å²) in [6.45, 7) is 7.28. The van der Waals surface area contributed by atoms with E-state index < -0.39 is 0 Å². The summed E-state index contributed by atoms with van der Waals surface area (Å²) in [4.78, 5) is 0. The molecule has 0 radical (unpaired) electrons. The lowest BCUT2D eigenvalue weighted by atomic mass is 9.65. The standard InChI is InChI=1S/C18H35P/c1-4-13-18(19,16-9-5-14(2)6-10-16)17-11-7-15(3)8-12-17/h14-17H,4-13,19H2,1-3H3. The zero-order valence-electron chi connectivity index (χ0n) is 13.5. The van der Waals surface area contributed by atoms with Crippen molar-refractivity contribution in [2.45, 2.75) is 90.1 Å². The Hall–Kier alpha value is 0.430. The van der Waals surface area contributed by atoms with Gasteiger partial charge in [0.15, 0.2) is 0 Å². The van der Waals surface area contributed by atoms with Gasteiger partial charge in [-0.05, 0) is 60.9 Å². The molecule has 2 aliphatic rings. The lowest BCUT2D eigenvalue weighted by Gasteiger charge is -2.48. The van der Waals surface area contributed by atoms with Gasteiger partial charge in [0.25, 0.3) is 0 Å². The predicted molar refractivity (Wildman–Crippen MR) is 89.6 cm³/mol. The summed E-state index contributed by atoms with van der Waals surface area (Å²) < 4.78 is 0. The van der Waals surface area contributed by atoms with Crippen LogP contribution < -0.4 is 0 Å². The summed E-state index contributed by atoms with van der Waals surface area (Å²) in [5.74, 6) is 3.95. The molecule has 1 heteroatoms. The average molecular weight is 282 g/mol. The highest BCUT2D eigenvalue weighted by Crippen LogP contribution is 2.51. The summed E-state index contributed by atoms with van der Waals surface area (Å²) in [5.41, 5.74) is 0. The third kappa shape index (κ3) is 3.75. The molecule has 0 nitrogen and oxygen atoms in total. The van der Waals surface area contributed by atoms with Gasteiger partial charge < -0.3 is 0 Å². The fourth-order valence-electron chi connectivity index (χ4n) is 4.77. The SMILES string of the molecule is CCCC(P)(C1CCC(C)CC1)C1CCC(C)CC1. The maximum absolute atomic E-state index is 3.40. The van der Waals surface area contributed by atoms with Crippen LogP contribution in [0.1, 0.15) is 85.0 Å². The third-order valence-corrected chi connectivity index (χ3v) is 7.47. The van der Waals surface area contributed by atoms with Crippen LogP contribution in [0, 0.1) is 23.7 Å². The van der Waals surface area contributed by atoms with E-state index in [9.17, 15) is 0 Å². The van der Waals surface area contributed by atoms with Crippen molar-refractivity contribution in [1.29, 1.82) is 0 Å². The Morgan fingerprint density at radius 2 is 1.16 bits per heavy atom. The fourth-order valence-corrected chi connectivity index (χ4v) is 5.73. The van der Waals surface area contributed by atoms with Crippen LogP contribution in [0.5, 0.6) is 0 Å². The van der Waals surface area contributed by atoms with Crippen LogP contribution in [0.25, 0.3) is 0 Å². The van der Waals surface area contributed by atoms with Gasteiger partial charge in [-0.1, -0.05) is 52.9 Å². The van der Waals surface area contributed by atoms with Crippen LogP contribution in [0.4, 0.5) is 0 Å². The topological polar surface area (TPSA) is 0 Å². The number of hydrogen-bond acceptors (Lipinski definition) is 0. The molecule has 19 heavy (non-hydrogen) atoms. The van der Waals surface area contributed by atoms with E-state index in [0.717, 1.165) is 23.7 Å². The molecule has 2 aliphatic carbocycles. The van der Waals surface area contributed by atoms with E-state index in [1.807, 2.05) is 0 Å². The van der Waals surface area contributed by atoms with Crippen LogP contribution in [-0.2, 0) is 0 Å². The molecule has 0 heterocycles. The van der Waals surface area contributed by atoms with E-state index in [2.05, 4.69) is 30.0 Å². The van der Waals surface area contributed by atoms with E-state index >= 15 is 0 Å². The van der Waals surface area contributed by atoms with Gasteiger partial charge in [-0.25, -0.2) is 0 Å². The lowest BCUT2D eigenvalue weighted by molar-refractivity contribution is 0.137. The normalized spacial score (nSPS) is 39.8. The Bertz CT molecular complexity index is 235. The first-order valence-electron chi connectivity index (χ1n) is 8.85. The summed E-state index contributed by atoms with van der Waals surface area (Å²) >= 11 is 0. The second-order valence-electron chi connectivity index (χ2n) is 7.78. The molecule has 0 bridgehead atoms. The number of rotatable bonds is 4. The molecular formula is C18H35P. The Morgan fingerprint density at radius 3 is 1.47 bits per heavy atom. The highest BCUT2D eigenvalue weighted by Gasteiger charge is 2.42. The predicted octanol–water partition coefficient (Wildman–Crippen LogP) is 6.05. The second-order valence-corrected chi connectivity index (χ2v) is 8.85. The molecule has 2 rings (SSSR count). The van der Waals surface area contributed by atoms with Crippen molar-refractivity contribution in [3.05, 3.63) is 0 Å². The van der Waals surface area contributed by atoms with E-state index in [0.29, 0.717) is 5.16 Å². The molecule has 0 aromatic carbocycles. The van der Waals surface area contributed by atoms with Gasteiger partial charge in [-0.15, -0.1) is 9.24 Å². The Balaban J connectivity index is 2.03. The molecule has 112 valence electrons.